The van der Waals surface area contributed by atoms with Crippen LogP contribution in [0.3, 0.4) is 0 Å². The van der Waals surface area contributed by atoms with E-state index in [1.54, 1.807) is 72.8 Å². The van der Waals surface area contributed by atoms with Gasteiger partial charge in [0.05, 0.1) is 34.5 Å². The Kier molecular flexibility index (Phi) is 7.00. The van der Waals surface area contributed by atoms with E-state index in [1.165, 1.54) is 9.80 Å². The molecule has 2 heterocycles. The lowest BCUT2D eigenvalue weighted by atomic mass is 9.49. The predicted octanol–water partition coefficient (Wildman–Crippen LogP) is 7.18. The molecule has 47 heavy (non-hydrogen) atoms. The summed E-state index contributed by atoms with van der Waals surface area (Å²) >= 11 is 9.79. The smallest absolute Gasteiger partial charge is 0.246 e. The molecule has 6 atom stereocenters. The Labute approximate surface area is 284 Å². The summed E-state index contributed by atoms with van der Waals surface area (Å²) in [6, 6.07) is 29.8. The van der Waals surface area contributed by atoms with Gasteiger partial charge in [0.15, 0.2) is 0 Å². The zero-order valence-corrected chi connectivity index (χ0v) is 27.3. The van der Waals surface area contributed by atoms with E-state index < -0.39 is 46.8 Å². The average Bonchev–Trinajstić information content (AvgIpc) is 3.46. The van der Waals surface area contributed by atoms with Crippen molar-refractivity contribution < 1.29 is 24.3 Å². The van der Waals surface area contributed by atoms with Gasteiger partial charge in [0.1, 0.15) is 5.75 Å². The molecule has 9 heteroatoms. The summed E-state index contributed by atoms with van der Waals surface area (Å²) in [6.45, 7) is 0. The van der Waals surface area contributed by atoms with Crippen molar-refractivity contribution in [1.29, 1.82) is 0 Å². The highest BCUT2D eigenvalue weighted by atomic mass is 79.9. The molecular weight excluding hydrogens is 680 g/mol. The van der Waals surface area contributed by atoms with Crippen molar-refractivity contribution in [3.63, 3.8) is 0 Å². The molecule has 1 saturated carbocycles. The molecule has 234 valence electrons. The van der Waals surface area contributed by atoms with Crippen LogP contribution in [0.4, 0.5) is 11.4 Å². The molecule has 2 saturated heterocycles. The first-order valence-corrected chi connectivity index (χ1v) is 16.7. The SMILES string of the molecule is O=C1[C@H]2[C@H](CC=C3[C@H]2C[C@H]2C(=O)N(c4cccc(Cl)c4)C(=O)[C@@]2(c2ccccc2)[C@H]3c2ccccc2O)C(=O)N1c1ccc(Br)cc1. The van der Waals surface area contributed by atoms with Gasteiger partial charge in [0.25, 0.3) is 0 Å². The van der Waals surface area contributed by atoms with Crippen LogP contribution in [0.2, 0.25) is 5.02 Å². The lowest BCUT2D eigenvalue weighted by Crippen LogP contribution is -2.53. The summed E-state index contributed by atoms with van der Waals surface area (Å²) in [4.78, 5) is 60.7. The molecule has 0 spiro atoms. The van der Waals surface area contributed by atoms with Crippen LogP contribution in [-0.4, -0.2) is 28.7 Å². The lowest BCUT2D eigenvalue weighted by molar-refractivity contribution is -0.127. The molecule has 4 aromatic carbocycles. The van der Waals surface area contributed by atoms with Gasteiger partial charge >= 0.3 is 0 Å². The number of amides is 4. The number of nitrogens with zero attached hydrogens (tertiary/aromatic N) is 2. The number of hydrogen-bond acceptors (Lipinski definition) is 5. The molecule has 2 aliphatic heterocycles. The number of rotatable bonds is 4. The highest BCUT2D eigenvalue weighted by Crippen LogP contribution is 2.65. The molecule has 2 aliphatic carbocycles. The van der Waals surface area contributed by atoms with Crippen molar-refractivity contribution >= 4 is 62.5 Å². The molecule has 4 aromatic rings. The number of phenolic OH excluding ortho intramolecular Hbond substituents is 1. The predicted molar refractivity (Wildman–Crippen MR) is 181 cm³/mol. The van der Waals surface area contributed by atoms with Crippen LogP contribution in [0.15, 0.2) is 119 Å². The summed E-state index contributed by atoms with van der Waals surface area (Å²) in [7, 11) is 0. The Bertz CT molecular complexity index is 2010. The Hall–Kier alpha value is -4.53. The van der Waals surface area contributed by atoms with Crippen molar-refractivity contribution in [2.75, 3.05) is 9.80 Å². The third kappa shape index (κ3) is 4.24. The number of carbonyl (C=O) groups is 4. The van der Waals surface area contributed by atoms with E-state index in [4.69, 9.17) is 11.6 Å². The summed E-state index contributed by atoms with van der Waals surface area (Å²) in [5.41, 5.74) is 1.34. The first kappa shape index (κ1) is 29.8. The van der Waals surface area contributed by atoms with E-state index in [-0.39, 0.29) is 24.0 Å². The van der Waals surface area contributed by atoms with E-state index >= 15 is 4.79 Å². The number of hydrogen-bond donors (Lipinski definition) is 1. The monoisotopic (exact) mass is 706 g/mol. The number of aromatic hydroxyl groups is 1. The minimum atomic E-state index is -1.44. The Morgan fingerprint density at radius 3 is 2.19 bits per heavy atom. The third-order valence-corrected chi connectivity index (χ3v) is 11.3. The fraction of sp³-hybridized carbons (Fsp3) is 0.211. The first-order valence-electron chi connectivity index (χ1n) is 15.5. The molecule has 0 aromatic heterocycles. The van der Waals surface area contributed by atoms with Crippen molar-refractivity contribution in [2.24, 2.45) is 23.7 Å². The van der Waals surface area contributed by atoms with Crippen LogP contribution in [0.25, 0.3) is 0 Å². The number of benzene rings is 4. The Morgan fingerprint density at radius 2 is 1.47 bits per heavy atom. The molecule has 3 fully saturated rings. The summed E-state index contributed by atoms with van der Waals surface area (Å²) in [5.74, 6) is -4.95. The van der Waals surface area contributed by atoms with Crippen LogP contribution < -0.4 is 9.80 Å². The Morgan fingerprint density at radius 1 is 0.745 bits per heavy atom. The number of para-hydroxylation sites is 1. The highest BCUT2D eigenvalue weighted by Gasteiger charge is 2.70. The van der Waals surface area contributed by atoms with Crippen molar-refractivity contribution in [3.05, 3.63) is 135 Å². The van der Waals surface area contributed by atoms with Gasteiger partial charge in [-0.1, -0.05) is 93.8 Å². The van der Waals surface area contributed by atoms with Gasteiger partial charge in [0.2, 0.25) is 23.6 Å². The zero-order chi connectivity index (χ0) is 32.6. The second kappa shape index (κ2) is 11.0. The van der Waals surface area contributed by atoms with E-state index in [0.29, 0.717) is 33.9 Å². The number of phenols is 1. The van der Waals surface area contributed by atoms with Crippen molar-refractivity contribution in [1.82, 2.24) is 0 Å². The molecule has 0 radical (unpaired) electrons. The Balaban J connectivity index is 1.35. The topological polar surface area (TPSA) is 95.0 Å². The third-order valence-electron chi connectivity index (χ3n) is 10.5. The number of anilines is 2. The minimum Gasteiger partial charge on any atom is -0.508 e. The molecule has 8 rings (SSSR count). The quantitative estimate of drug-likeness (QED) is 0.179. The molecule has 0 bridgehead atoms. The van der Waals surface area contributed by atoms with Gasteiger partial charge in [-0.2, -0.15) is 0 Å². The van der Waals surface area contributed by atoms with Crippen LogP contribution in [0.1, 0.15) is 29.9 Å². The van der Waals surface area contributed by atoms with Gasteiger partial charge in [-0.15, -0.1) is 0 Å². The van der Waals surface area contributed by atoms with Crippen LogP contribution in [0, 0.1) is 23.7 Å². The second-order valence-electron chi connectivity index (χ2n) is 12.6. The van der Waals surface area contributed by atoms with Crippen LogP contribution in [-0.2, 0) is 24.6 Å². The fourth-order valence-corrected chi connectivity index (χ4v) is 9.11. The normalized spacial score (nSPS) is 28.2. The number of halogens is 2. The van der Waals surface area contributed by atoms with Gasteiger partial charge < -0.3 is 5.11 Å². The molecular formula is C38H28BrClN2O5. The second-order valence-corrected chi connectivity index (χ2v) is 14.0. The number of carbonyl (C=O) groups excluding carboxylic acids is 4. The van der Waals surface area contributed by atoms with E-state index in [2.05, 4.69) is 15.9 Å². The number of allylic oxidation sites excluding steroid dienone is 2. The van der Waals surface area contributed by atoms with Gasteiger partial charge in [-0.25, -0.2) is 4.90 Å². The maximum absolute atomic E-state index is 15.2. The molecule has 7 nitrogen and oxygen atoms in total. The van der Waals surface area contributed by atoms with E-state index in [9.17, 15) is 19.5 Å². The summed E-state index contributed by atoms with van der Waals surface area (Å²) in [5, 5.41) is 11.8. The van der Waals surface area contributed by atoms with Crippen LogP contribution >= 0.6 is 27.5 Å². The molecule has 4 amide bonds. The largest absolute Gasteiger partial charge is 0.508 e. The van der Waals surface area contributed by atoms with Gasteiger partial charge in [-0.3, -0.25) is 24.1 Å². The molecule has 1 N–H and O–H groups in total. The van der Waals surface area contributed by atoms with Gasteiger partial charge in [0, 0.05) is 21.0 Å². The maximum Gasteiger partial charge on any atom is 0.246 e. The van der Waals surface area contributed by atoms with E-state index in [0.717, 1.165) is 10.0 Å². The first-order chi connectivity index (χ1) is 22.7. The minimum absolute atomic E-state index is 0.0120. The summed E-state index contributed by atoms with van der Waals surface area (Å²) in [6.07, 6.45) is 2.47. The fourth-order valence-electron chi connectivity index (χ4n) is 8.66. The summed E-state index contributed by atoms with van der Waals surface area (Å²) < 4.78 is 0.824. The average molecular weight is 708 g/mol. The zero-order valence-electron chi connectivity index (χ0n) is 24.9. The van der Waals surface area contributed by atoms with Gasteiger partial charge in [-0.05, 0) is 72.9 Å². The molecule has 4 aliphatic rings. The number of fused-ring (bicyclic) bond motifs is 4. The lowest BCUT2D eigenvalue weighted by Gasteiger charge is -2.50. The van der Waals surface area contributed by atoms with E-state index in [1.807, 2.05) is 36.4 Å². The standard InChI is InChI=1S/C38H28BrClN2O5/c39-22-13-15-24(16-14-22)41-34(44)28-18-17-26-29(32(28)36(41)46)20-30-35(45)42(25-10-6-9-23(40)19-25)37(47)38(30,21-7-2-1-3-8-21)33(26)27-11-4-5-12-31(27)43/h1-17,19,28-30,32-33,43H,18,20H2/t28-,29+,30-,32-,33+,38+/m0/s1. The maximum atomic E-state index is 15.2. The van der Waals surface area contributed by atoms with Crippen molar-refractivity contribution in [2.45, 2.75) is 24.2 Å². The highest BCUT2D eigenvalue weighted by molar-refractivity contribution is 9.10. The molecule has 0 unspecified atom stereocenters. The number of imide groups is 2. The van der Waals surface area contributed by atoms with Crippen LogP contribution in [0.5, 0.6) is 5.75 Å². The van der Waals surface area contributed by atoms with Crippen molar-refractivity contribution in [3.8, 4) is 5.75 Å².